The summed E-state index contributed by atoms with van der Waals surface area (Å²) in [5, 5.41) is 21.5. The Hall–Kier alpha value is -1.86. The summed E-state index contributed by atoms with van der Waals surface area (Å²) >= 11 is 5.96. The predicted molar refractivity (Wildman–Crippen MR) is 132 cm³/mol. The molecule has 1 aromatic rings. The molecule has 6 nitrogen and oxygen atoms in total. The van der Waals surface area contributed by atoms with E-state index in [2.05, 4.69) is 6.08 Å². The Balaban J connectivity index is 1.46. The normalized spacial score (nSPS) is 25.6. The second kappa shape index (κ2) is 13.3. The van der Waals surface area contributed by atoms with Crippen LogP contribution in [0.3, 0.4) is 0 Å². The van der Waals surface area contributed by atoms with Crippen molar-refractivity contribution >= 4 is 17.6 Å². The van der Waals surface area contributed by atoms with Crippen LogP contribution in [-0.4, -0.2) is 53.8 Å². The van der Waals surface area contributed by atoms with E-state index in [4.69, 9.17) is 25.8 Å². The molecule has 1 aromatic carbocycles. The maximum Gasteiger partial charge on any atom is 0.306 e. The van der Waals surface area contributed by atoms with E-state index < -0.39 is 12.2 Å². The van der Waals surface area contributed by atoms with Gasteiger partial charge in [0.2, 0.25) is 0 Å². The van der Waals surface area contributed by atoms with Crippen molar-refractivity contribution in [3.63, 3.8) is 0 Å². The summed E-state index contributed by atoms with van der Waals surface area (Å²) in [6.45, 7) is 4.39. The van der Waals surface area contributed by atoms with Gasteiger partial charge >= 0.3 is 5.97 Å². The van der Waals surface area contributed by atoms with Gasteiger partial charge in [-0.15, -0.1) is 0 Å². The van der Waals surface area contributed by atoms with Gasteiger partial charge in [-0.3, -0.25) is 4.79 Å². The second-order valence-electron chi connectivity index (χ2n) is 9.46. The number of hydrogen-bond donors (Lipinski definition) is 2. The molecule has 1 aliphatic heterocycles. The van der Waals surface area contributed by atoms with Gasteiger partial charge in [0.25, 0.3) is 0 Å². The monoisotopic (exact) mass is 492 g/mol. The minimum Gasteiger partial charge on any atom is -0.491 e. The highest BCUT2D eigenvalue weighted by atomic mass is 35.5. The zero-order chi connectivity index (χ0) is 24.5. The Bertz CT molecular complexity index is 851. The van der Waals surface area contributed by atoms with Crippen LogP contribution in [0.25, 0.3) is 0 Å². The van der Waals surface area contributed by atoms with Crippen LogP contribution in [0.4, 0.5) is 0 Å². The van der Waals surface area contributed by atoms with Gasteiger partial charge in [0.15, 0.2) is 0 Å². The van der Waals surface area contributed by atoms with Gasteiger partial charge in [0, 0.05) is 23.8 Å². The first-order valence-electron chi connectivity index (χ1n) is 12.2. The van der Waals surface area contributed by atoms with Crippen LogP contribution in [0, 0.1) is 11.8 Å². The number of carbonyl (C=O) groups is 1. The van der Waals surface area contributed by atoms with Gasteiger partial charge in [-0.1, -0.05) is 35.9 Å². The molecular formula is C27H37ClO6. The molecule has 1 aliphatic carbocycles. The fourth-order valence-electron chi connectivity index (χ4n) is 4.62. The molecule has 1 saturated carbocycles. The van der Waals surface area contributed by atoms with Gasteiger partial charge < -0.3 is 24.4 Å². The number of aliphatic hydroxyl groups excluding tert-OH is 2. The number of benzene rings is 1. The van der Waals surface area contributed by atoms with Gasteiger partial charge in [-0.05, 0) is 69.2 Å². The lowest BCUT2D eigenvalue weighted by molar-refractivity contribution is -0.147. The molecule has 0 unspecified atom stereocenters. The summed E-state index contributed by atoms with van der Waals surface area (Å²) in [6.07, 6.45) is 8.98. The van der Waals surface area contributed by atoms with Crippen molar-refractivity contribution in [3.05, 3.63) is 53.1 Å². The minimum absolute atomic E-state index is 0.000673. The maximum atomic E-state index is 11.7. The number of esters is 1. The van der Waals surface area contributed by atoms with E-state index in [1.54, 1.807) is 30.3 Å². The molecule has 0 radical (unpaired) electrons. The highest BCUT2D eigenvalue weighted by Crippen LogP contribution is 2.40. The van der Waals surface area contributed by atoms with Gasteiger partial charge in [0.05, 0.1) is 24.9 Å². The first-order valence-corrected chi connectivity index (χ1v) is 12.6. The molecule has 5 atom stereocenters. The Morgan fingerprint density at radius 1 is 1.32 bits per heavy atom. The third kappa shape index (κ3) is 8.42. The average molecular weight is 493 g/mol. The van der Waals surface area contributed by atoms with Crippen molar-refractivity contribution < 1.29 is 29.2 Å². The molecule has 0 amide bonds. The van der Waals surface area contributed by atoms with Crippen molar-refractivity contribution in [2.45, 2.75) is 76.8 Å². The van der Waals surface area contributed by atoms with E-state index in [9.17, 15) is 15.0 Å². The third-order valence-electron chi connectivity index (χ3n) is 6.32. The van der Waals surface area contributed by atoms with Crippen LogP contribution in [0.5, 0.6) is 5.75 Å². The summed E-state index contributed by atoms with van der Waals surface area (Å²) in [7, 11) is 0. The fourth-order valence-corrected chi connectivity index (χ4v) is 4.80. The zero-order valence-electron chi connectivity index (χ0n) is 20.1. The van der Waals surface area contributed by atoms with Gasteiger partial charge in [0.1, 0.15) is 18.5 Å². The molecule has 1 fully saturated rings. The zero-order valence-corrected chi connectivity index (χ0v) is 20.8. The van der Waals surface area contributed by atoms with E-state index >= 15 is 0 Å². The van der Waals surface area contributed by atoms with Crippen LogP contribution in [0.15, 0.2) is 48.1 Å². The summed E-state index contributed by atoms with van der Waals surface area (Å²) in [5.41, 5.74) is 1.25. The number of fused-ring (bicyclic) bond motifs is 1. The Labute approximate surface area is 207 Å². The highest BCUT2D eigenvalue weighted by molar-refractivity contribution is 6.30. The molecule has 2 aliphatic rings. The molecule has 34 heavy (non-hydrogen) atoms. The largest absolute Gasteiger partial charge is 0.491 e. The number of hydrogen-bond acceptors (Lipinski definition) is 6. The predicted octanol–water partition coefficient (Wildman–Crippen LogP) is 4.86. The molecular weight excluding hydrogens is 456 g/mol. The molecule has 188 valence electrons. The minimum atomic E-state index is -0.787. The second-order valence-corrected chi connectivity index (χ2v) is 9.89. The van der Waals surface area contributed by atoms with E-state index in [-0.39, 0.29) is 36.6 Å². The van der Waals surface area contributed by atoms with Crippen molar-refractivity contribution in [2.24, 2.45) is 11.8 Å². The third-order valence-corrected chi connectivity index (χ3v) is 6.55. The smallest absolute Gasteiger partial charge is 0.306 e. The Morgan fingerprint density at radius 2 is 2.15 bits per heavy atom. The van der Waals surface area contributed by atoms with Crippen LogP contribution < -0.4 is 4.74 Å². The lowest BCUT2D eigenvalue weighted by Gasteiger charge is -2.20. The standard InChI is InChI=1S/C27H37ClO6/c1-18(2)34-27(31)9-4-3-6-19-10-12-24-23(25(30)15-26(24)33-16-19)13-11-21(29)17-32-22-8-5-7-20(28)14-22/h5,7-8,10-11,13-14,18,21,23-26,29-30H,3-4,6,9,12,15-17H2,1-2H3/t21-,23-,24-,25-,26+/m1/s1. The van der Waals surface area contributed by atoms with Crippen molar-refractivity contribution in [2.75, 3.05) is 13.2 Å². The number of aliphatic hydroxyl groups is 2. The summed E-state index contributed by atoms with van der Waals surface area (Å²) in [6, 6.07) is 7.05. The SMILES string of the molecule is CC(C)OC(=O)CCCCC1=CC[C@@H]2[C@@H](C=C[C@@H](O)COc3cccc(Cl)c3)[C@H](O)C[C@@H]2OC1. The lowest BCUT2D eigenvalue weighted by atomic mass is 9.89. The van der Waals surface area contributed by atoms with Crippen molar-refractivity contribution in [1.82, 2.24) is 0 Å². The van der Waals surface area contributed by atoms with Crippen LogP contribution in [-0.2, 0) is 14.3 Å². The Morgan fingerprint density at radius 3 is 2.91 bits per heavy atom. The van der Waals surface area contributed by atoms with Crippen molar-refractivity contribution in [3.8, 4) is 5.75 Å². The molecule has 7 heteroatoms. The number of halogens is 1. The number of allylic oxidation sites excluding steroid dienone is 1. The molecule has 2 N–H and O–H groups in total. The quantitative estimate of drug-likeness (QED) is 0.260. The van der Waals surface area contributed by atoms with Gasteiger partial charge in [-0.2, -0.15) is 0 Å². The molecule has 1 heterocycles. The molecule has 0 bridgehead atoms. The summed E-state index contributed by atoms with van der Waals surface area (Å²) < 4.78 is 16.9. The average Bonchev–Trinajstić information content (AvgIpc) is 2.94. The van der Waals surface area contributed by atoms with Crippen LogP contribution >= 0.6 is 11.6 Å². The first-order chi connectivity index (χ1) is 16.3. The number of ether oxygens (including phenoxy) is 3. The van der Waals surface area contributed by atoms with Gasteiger partial charge in [-0.25, -0.2) is 0 Å². The molecule has 0 saturated heterocycles. The van der Waals surface area contributed by atoms with Crippen LogP contribution in [0.2, 0.25) is 5.02 Å². The van der Waals surface area contributed by atoms with Crippen molar-refractivity contribution in [1.29, 1.82) is 0 Å². The number of unbranched alkanes of at least 4 members (excludes halogenated alkanes) is 1. The van der Waals surface area contributed by atoms with E-state index in [0.717, 1.165) is 25.7 Å². The summed E-state index contributed by atoms with van der Waals surface area (Å²) in [5.74, 6) is 0.560. The van der Waals surface area contributed by atoms with E-state index in [1.165, 1.54) is 5.57 Å². The maximum absolute atomic E-state index is 11.7. The number of carbonyl (C=O) groups excluding carboxylic acids is 1. The molecule has 0 aromatic heterocycles. The fraction of sp³-hybridized carbons (Fsp3) is 0.593. The summed E-state index contributed by atoms with van der Waals surface area (Å²) in [4.78, 5) is 11.7. The molecule has 0 spiro atoms. The Kier molecular flexibility index (Phi) is 10.5. The van der Waals surface area contributed by atoms with E-state index in [0.29, 0.717) is 30.2 Å². The first kappa shape index (κ1) is 26.7. The van der Waals surface area contributed by atoms with E-state index in [1.807, 2.05) is 19.9 Å². The number of rotatable bonds is 11. The van der Waals surface area contributed by atoms with Crippen LogP contribution in [0.1, 0.15) is 52.4 Å². The lowest BCUT2D eigenvalue weighted by Crippen LogP contribution is -2.22. The topological polar surface area (TPSA) is 85.2 Å². The molecule has 3 rings (SSSR count). The highest BCUT2D eigenvalue weighted by Gasteiger charge is 2.42.